The molecule has 0 spiro atoms. The van der Waals surface area contributed by atoms with Gasteiger partial charge in [-0.3, -0.25) is 4.79 Å². The number of ether oxygens (including phenoxy) is 1. The minimum atomic E-state index is -0.404. The van der Waals surface area contributed by atoms with Crippen molar-refractivity contribution in [3.8, 4) is 0 Å². The molecule has 0 amide bonds. The molecule has 0 radical (unpaired) electrons. The first-order chi connectivity index (χ1) is 6.15. The molecule has 0 aromatic heterocycles. The van der Waals surface area contributed by atoms with Crippen molar-refractivity contribution < 1.29 is 14.6 Å². The van der Waals surface area contributed by atoms with E-state index in [4.69, 9.17) is 0 Å². The van der Waals surface area contributed by atoms with Gasteiger partial charge >= 0.3 is 13.0 Å². The molecule has 0 bridgehead atoms. The van der Waals surface area contributed by atoms with Gasteiger partial charge in [0, 0.05) is 0 Å². The first-order valence-corrected chi connectivity index (χ1v) is 4.65. The highest BCUT2D eigenvalue weighted by Crippen LogP contribution is 2.18. The van der Waals surface area contributed by atoms with Gasteiger partial charge < -0.3 is 14.6 Å². The Kier molecular flexibility index (Phi) is 3.75. The molecule has 1 saturated heterocycles. The Bertz CT molecular complexity index is 178. The molecule has 1 heterocycles. The lowest BCUT2D eigenvalue weighted by Crippen LogP contribution is -2.44. The van der Waals surface area contributed by atoms with Crippen LogP contribution in [0.25, 0.3) is 0 Å². The second-order valence-corrected chi connectivity index (χ2v) is 3.47. The van der Waals surface area contributed by atoms with Crippen LogP contribution in [-0.2, 0) is 9.53 Å². The van der Waals surface area contributed by atoms with E-state index < -0.39 is 7.05 Å². The van der Waals surface area contributed by atoms with Crippen molar-refractivity contribution in [1.29, 1.82) is 0 Å². The zero-order valence-corrected chi connectivity index (χ0v) is 8.19. The molecule has 0 aromatic carbocycles. The number of piperidine rings is 1. The lowest BCUT2D eigenvalue weighted by Gasteiger charge is -2.31. The summed E-state index contributed by atoms with van der Waals surface area (Å²) in [5.74, 6) is -0.0924. The molecule has 13 heavy (non-hydrogen) atoms. The van der Waals surface area contributed by atoms with Crippen molar-refractivity contribution >= 4 is 13.0 Å². The van der Waals surface area contributed by atoms with Gasteiger partial charge in [0.1, 0.15) is 0 Å². The highest BCUT2D eigenvalue weighted by Gasteiger charge is 2.28. The average Bonchev–Trinajstić information content (AvgIpc) is 2.17. The predicted octanol–water partition coefficient (Wildman–Crippen LogP) is -0.0183. The van der Waals surface area contributed by atoms with Crippen molar-refractivity contribution in [2.45, 2.75) is 19.7 Å². The Morgan fingerprint density at radius 3 is 2.46 bits per heavy atom. The van der Waals surface area contributed by atoms with Gasteiger partial charge in [0.2, 0.25) is 0 Å². The van der Waals surface area contributed by atoms with E-state index in [-0.39, 0.29) is 11.9 Å². The summed E-state index contributed by atoms with van der Waals surface area (Å²) >= 11 is 0. The number of carbonyl (C=O) groups excluding carboxylic acids is 1. The Balaban J connectivity index is 2.34. The van der Waals surface area contributed by atoms with Crippen molar-refractivity contribution in [2.75, 3.05) is 20.2 Å². The summed E-state index contributed by atoms with van der Waals surface area (Å²) in [4.78, 5) is 13.1. The molecule has 1 aliphatic rings. The number of methoxy groups -OCH3 is 1. The summed E-state index contributed by atoms with van der Waals surface area (Å²) < 4.78 is 4.67. The smallest absolute Gasteiger partial charge is 0.376 e. The normalized spacial score (nSPS) is 19.9. The third kappa shape index (κ3) is 2.71. The van der Waals surface area contributed by atoms with E-state index >= 15 is 0 Å². The number of nitrogens with zero attached hydrogens (tertiary/aromatic N) is 1. The number of carbonyl (C=O) groups is 1. The highest BCUT2D eigenvalue weighted by atomic mass is 16.5. The predicted molar refractivity (Wildman–Crippen MR) is 50.1 cm³/mol. The summed E-state index contributed by atoms with van der Waals surface area (Å²) in [6.07, 6.45) is 1.58. The van der Waals surface area contributed by atoms with Gasteiger partial charge in [-0.25, -0.2) is 0 Å². The number of hydrogen-bond donors (Lipinski definition) is 1. The van der Waals surface area contributed by atoms with Crippen LogP contribution >= 0.6 is 0 Å². The van der Waals surface area contributed by atoms with Gasteiger partial charge in [-0.05, 0) is 32.8 Å². The molecule has 0 unspecified atom stereocenters. The lowest BCUT2D eigenvalue weighted by atomic mass is 9.81. The fourth-order valence-corrected chi connectivity index (χ4v) is 1.68. The second kappa shape index (κ2) is 4.62. The Morgan fingerprint density at radius 1 is 1.54 bits per heavy atom. The van der Waals surface area contributed by atoms with E-state index in [0.29, 0.717) is 0 Å². The molecular weight excluding hydrogens is 169 g/mol. The number of hydrogen-bond acceptors (Lipinski definition) is 4. The van der Waals surface area contributed by atoms with Gasteiger partial charge in [-0.2, -0.15) is 0 Å². The van der Waals surface area contributed by atoms with Crippen LogP contribution in [0.1, 0.15) is 12.8 Å². The van der Waals surface area contributed by atoms with E-state index in [1.54, 1.807) is 6.82 Å². The Morgan fingerprint density at radius 2 is 2.08 bits per heavy atom. The van der Waals surface area contributed by atoms with Crippen LogP contribution in [0, 0.1) is 5.92 Å². The van der Waals surface area contributed by atoms with Crippen LogP contribution in [0.5, 0.6) is 0 Å². The third-order valence-electron chi connectivity index (χ3n) is 2.59. The molecule has 1 rings (SSSR count). The average molecular weight is 185 g/mol. The molecule has 0 atom stereocenters. The Labute approximate surface area is 79.0 Å². The van der Waals surface area contributed by atoms with Crippen LogP contribution in [0.2, 0.25) is 6.82 Å². The van der Waals surface area contributed by atoms with Gasteiger partial charge in [0.15, 0.2) is 0 Å². The van der Waals surface area contributed by atoms with Crippen LogP contribution in [0.3, 0.4) is 0 Å². The standard InChI is InChI=1S/C8H16BNO3/c1-9(12)10-5-3-7(4-6-10)8(11)13-2/h7,12H,3-6H2,1-2H3. The van der Waals surface area contributed by atoms with Crippen LogP contribution in [-0.4, -0.2) is 43.1 Å². The van der Waals surface area contributed by atoms with Gasteiger partial charge in [-0.1, -0.05) is 0 Å². The molecule has 1 aliphatic heterocycles. The molecule has 0 aliphatic carbocycles. The van der Waals surface area contributed by atoms with Crippen molar-refractivity contribution in [1.82, 2.24) is 4.81 Å². The first-order valence-electron chi connectivity index (χ1n) is 4.65. The summed E-state index contributed by atoms with van der Waals surface area (Å²) in [6, 6.07) is 0. The summed E-state index contributed by atoms with van der Waals surface area (Å²) in [6.45, 7) is 3.30. The molecule has 0 saturated carbocycles. The van der Waals surface area contributed by atoms with Crippen molar-refractivity contribution in [2.24, 2.45) is 5.92 Å². The van der Waals surface area contributed by atoms with Crippen LogP contribution < -0.4 is 0 Å². The second-order valence-electron chi connectivity index (χ2n) is 3.47. The SMILES string of the molecule is COC(=O)C1CCN(B(C)O)CC1. The first kappa shape index (κ1) is 10.5. The van der Waals surface area contributed by atoms with Crippen LogP contribution in [0.15, 0.2) is 0 Å². The zero-order valence-electron chi connectivity index (χ0n) is 8.19. The van der Waals surface area contributed by atoms with Gasteiger partial charge in [0.05, 0.1) is 13.0 Å². The maximum Gasteiger partial charge on any atom is 0.376 e. The minimum Gasteiger partial charge on any atom is -0.469 e. The largest absolute Gasteiger partial charge is 0.469 e. The maximum atomic E-state index is 11.1. The molecular formula is C8H16BNO3. The monoisotopic (exact) mass is 185 g/mol. The number of rotatable bonds is 2. The van der Waals surface area contributed by atoms with Crippen molar-refractivity contribution in [3.05, 3.63) is 0 Å². The maximum absolute atomic E-state index is 11.1. The lowest BCUT2D eigenvalue weighted by molar-refractivity contribution is -0.146. The molecule has 74 valence electrons. The molecule has 1 fully saturated rings. The van der Waals surface area contributed by atoms with E-state index in [1.807, 2.05) is 4.81 Å². The molecule has 1 N–H and O–H groups in total. The van der Waals surface area contributed by atoms with Crippen LogP contribution in [0.4, 0.5) is 0 Å². The highest BCUT2D eigenvalue weighted by molar-refractivity contribution is 6.45. The quantitative estimate of drug-likeness (QED) is 0.485. The fraction of sp³-hybridized carbons (Fsp3) is 0.875. The van der Waals surface area contributed by atoms with Gasteiger partial charge in [-0.15, -0.1) is 0 Å². The Hall–Kier alpha value is -0.545. The number of esters is 1. The summed E-state index contributed by atoms with van der Waals surface area (Å²) in [5, 5.41) is 9.27. The topological polar surface area (TPSA) is 49.8 Å². The van der Waals surface area contributed by atoms with Crippen molar-refractivity contribution in [3.63, 3.8) is 0 Å². The van der Waals surface area contributed by atoms with E-state index in [1.165, 1.54) is 7.11 Å². The molecule has 4 nitrogen and oxygen atoms in total. The third-order valence-corrected chi connectivity index (χ3v) is 2.59. The minimum absolute atomic E-state index is 0.0278. The fourth-order valence-electron chi connectivity index (χ4n) is 1.68. The van der Waals surface area contributed by atoms with E-state index in [9.17, 15) is 9.82 Å². The summed E-state index contributed by atoms with van der Waals surface area (Å²) in [5.41, 5.74) is 0. The van der Waals surface area contributed by atoms with E-state index in [2.05, 4.69) is 4.74 Å². The van der Waals surface area contributed by atoms with Gasteiger partial charge in [0.25, 0.3) is 0 Å². The molecule has 0 aromatic rings. The summed E-state index contributed by atoms with van der Waals surface area (Å²) in [7, 11) is 1.02. The zero-order chi connectivity index (χ0) is 9.84. The van der Waals surface area contributed by atoms with E-state index in [0.717, 1.165) is 25.9 Å². The molecule has 5 heteroatoms.